The number of thiophene rings is 1. The van der Waals surface area contributed by atoms with Gasteiger partial charge in [-0.25, -0.2) is 0 Å². The molecular weight excluding hydrogens is 298 g/mol. The first kappa shape index (κ1) is 15.6. The van der Waals surface area contributed by atoms with Crippen LogP contribution in [0.4, 0.5) is 5.69 Å². The lowest BCUT2D eigenvalue weighted by Gasteiger charge is -2.08. The largest absolute Gasteiger partial charge is 0.398 e. The van der Waals surface area contributed by atoms with E-state index in [9.17, 15) is 0 Å². The predicted octanol–water partition coefficient (Wildman–Crippen LogP) is 5.99. The van der Waals surface area contributed by atoms with Gasteiger partial charge in [-0.15, -0.1) is 24.5 Å². The van der Waals surface area contributed by atoms with E-state index in [0.717, 1.165) is 12.1 Å². The minimum absolute atomic E-state index is 0.891. The van der Waals surface area contributed by atoms with E-state index in [2.05, 4.69) is 68.8 Å². The molecule has 0 unspecified atom stereocenters. The van der Waals surface area contributed by atoms with Gasteiger partial charge < -0.3 is 5.73 Å². The number of benzene rings is 2. The quantitative estimate of drug-likeness (QED) is 0.338. The molecule has 1 heterocycles. The molecule has 1 aromatic heterocycles. The van der Waals surface area contributed by atoms with E-state index >= 15 is 0 Å². The fourth-order valence-corrected chi connectivity index (χ4v) is 4.20. The van der Waals surface area contributed by atoms with Crippen LogP contribution in [-0.2, 0) is 6.42 Å². The predicted molar refractivity (Wildman–Crippen MR) is 103 cm³/mol. The summed E-state index contributed by atoms with van der Waals surface area (Å²) in [5.41, 5.74) is 16.4. The molecule has 1 aliphatic rings. The highest BCUT2D eigenvalue weighted by atomic mass is 32.1. The summed E-state index contributed by atoms with van der Waals surface area (Å²) in [5, 5.41) is 2.30. The average molecular weight is 319 g/mol. The topological polar surface area (TPSA) is 26.0 Å². The summed E-state index contributed by atoms with van der Waals surface area (Å²) in [4.78, 5) is 1.37. The Labute approximate surface area is 142 Å². The Morgan fingerprint density at radius 3 is 2.39 bits per heavy atom. The SMILES string of the molecule is C=C.Cc1ccc(-c2scc3c2-c2cc(N)c(C)cc2C3)cc1. The Morgan fingerprint density at radius 1 is 1.00 bits per heavy atom. The molecule has 23 heavy (non-hydrogen) atoms. The van der Waals surface area contributed by atoms with Gasteiger partial charge in [0.1, 0.15) is 0 Å². The molecule has 1 nitrogen and oxygen atoms in total. The van der Waals surface area contributed by atoms with E-state index in [0.29, 0.717) is 0 Å². The highest BCUT2D eigenvalue weighted by Gasteiger charge is 2.24. The number of nitrogen functional groups attached to an aromatic ring is 1. The van der Waals surface area contributed by atoms with Gasteiger partial charge in [0, 0.05) is 16.1 Å². The van der Waals surface area contributed by atoms with E-state index in [-0.39, 0.29) is 0 Å². The second kappa shape index (κ2) is 6.05. The van der Waals surface area contributed by atoms with Crippen molar-refractivity contribution in [2.45, 2.75) is 20.3 Å². The summed E-state index contributed by atoms with van der Waals surface area (Å²) in [7, 11) is 0. The molecule has 0 radical (unpaired) electrons. The second-order valence-electron chi connectivity index (χ2n) is 5.87. The summed E-state index contributed by atoms with van der Waals surface area (Å²) < 4.78 is 0. The molecule has 2 N–H and O–H groups in total. The first-order valence-corrected chi connectivity index (χ1v) is 8.58. The van der Waals surface area contributed by atoms with Gasteiger partial charge >= 0.3 is 0 Å². The first-order chi connectivity index (χ1) is 11.1. The lowest BCUT2D eigenvalue weighted by atomic mass is 10.00. The van der Waals surface area contributed by atoms with E-state index in [1.807, 2.05) is 11.3 Å². The smallest absolute Gasteiger partial charge is 0.0424 e. The summed E-state index contributed by atoms with van der Waals surface area (Å²) in [6, 6.07) is 13.2. The van der Waals surface area contributed by atoms with Crippen molar-refractivity contribution in [3.63, 3.8) is 0 Å². The van der Waals surface area contributed by atoms with Gasteiger partial charge in [-0.3, -0.25) is 0 Å². The number of nitrogens with two attached hydrogens (primary N) is 1. The van der Waals surface area contributed by atoms with Crippen LogP contribution >= 0.6 is 11.3 Å². The maximum Gasteiger partial charge on any atom is 0.0424 e. The van der Waals surface area contributed by atoms with Crippen LogP contribution in [0.15, 0.2) is 54.9 Å². The number of hydrogen-bond donors (Lipinski definition) is 1. The standard InChI is InChI=1S/C19H17NS.C2H4/c1-11-3-5-13(6-4-11)19-18-15(10-21-19)8-14-7-12(2)17(20)9-16(14)18;1-2/h3-7,9-10H,8,20H2,1-2H3;1-2H2. The van der Waals surface area contributed by atoms with Gasteiger partial charge in [-0.1, -0.05) is 35.9 Å². The van der Waals surface area contributed by atoms with E-state index in [1.54, 1.807) is 0 Å². The molecule has 2 aromatic carbocycles. The number of anilines is 1. The summed E-state index contributed by atoms with van der Waals surface area (Å²) >= 11 is 1.84. The minimum Gasteiger partial charge on any atom is -0.398 e. The zero-order chi connectivity index (χ0) is 16.6. The average Bonchev–Trinajstić information content (AvgIpc) is 3.10. The van der Waals surface area contributed by atoms with Crippen molar-refractivity contribution in [1.82, 2.24) is 0 Å². The van der Waals surface area contributed by atoms with Crippen LogP contribution in [0.5, 0.6) is 0 Å². The van der Waals surface area contributed by atoms with Gasteiger partial charge in [-0.05, 0) is 59.5 Å². The molecule has 116 valence electrons. The van der Waals surface area contributed by atoms with Crippen LogP contribution in [0.2, 0.25) is 0 Å². The Kier molecular flexibility index (Phi) is 4.10. The third-order valence-electron chi connectivity index (χ3n) is 4.32. The first-order valence-electron chi connectivity index (χ1n) is 7.70. The maximum absolute atomic E-state index is 6.13. The van der Waals surface area contributed by atoms with Crippen molar-refractivity contribution in [2.24, 2.45) is 0 Å². The van der Waals surface area contributed by atoms with E-state index in [4.69, 9.17) is 5.73 Å². The molecule has 0 saturated heterocycles. The van der Waals surface area contributed by atoms with Gasteiger partial charge in [0.15, 0.2) is 0 Å². The molecule has 0 spiro atoms. The van der Waals surface area contributed by atoms with Gasteiger partial charge in [0.05, 0.1) is 0 Å². The summed E-state index contributed by atoms with van der Waals surface area (Å²) in [6.45, 7) is 10.2. The number of rotatable bonds is 1. The fraction of sp³-hybridized carbons (Fsp3) is 0.143. The zero-order valence-electron chi connectivity index (χ0n) is 13.6. The molecule has 1 aliphatic carbocycles. The lowest BCUT2D eigenvalue weighted by molar-refractivity contribution is 1.26. The monoisotopic (exact) mass is 319 g/mol. The van der Waals surface area contributed by atoms with Crippen LogP contribution in [0.1, 0.15) is 22.3 Å². The van der Waals surface area contributed by atoms with Crippen molar-refractivity contribution in [3.8, 4) is 21.6 Å². The number of fused-ring (bicyclic) bond motifs is 3. The Morgan fingerprint density at radius 2 is 1.70 bits per heavy atom. The van der Waals surface area contributed by atoms with Crippen LogP contribution in [-0.4, -0.2) is 0 Å². The molecule has 0 atom stereocenters. The lowest BCUT2D eigenvalue weighted by Crippen LogP contribution is -1.92. The molecule has 0 aliphatic heterocycles. The summed E-state index contributed by atoms with van der Waals surface area (Å²) in [5.74, 6) is 0. The van der Waals surface area contributed by atoms with Crippen LogP contribution in [0.3, 0.4) is 0 Å². The van der Waals surface area contributed by atoms with Crippen molar-refractivity contribution in [1.29, 1.82) is 0 Å². The molecule has 3 aromatic rings. The third-order valence-corrected chi connectivity index (χ3v) is 5.40. The highest BCUT2D eigenvalue weighted by Crippen LogP contribution is 2.47. The number of aryl methyl sites for hydroxylation is 2. The normalized spacial score (nSPS) is 11.4. The van der Waals surface area contributed by atoms with Crippen LogP contribution in [0.25, 0.3) is 21.6 Å². The van der Waals surface area contributed by atoms with Gasteiger partial charge in [0.2, 0.25) is 0 Å². The molecule has 0 fully saturated rings. The van der Waals surface area contributed by atoms with Crippen molar-refractivity contribution in [3.05, 3.63) is 77.2 Å². The Bertz CT molecular complexity index is 856. The Hall–Kier alpha value is -2.32. The zero-order valence-corrected chi connectivity index (χ0v) is 14.5. The van der Waals surface area contributed by atoms with Gasteiger partial charge in [-0.2, -0.15) is 0 Å². The van der Waals surface area contributed by atoms with Crippen molar-refractivity contribution < 1.29 is 0 Å². The molecule has 0 bridgehead atoms. The van der Waals surface area contributed by atoms with Crippen LogP contribution in [0, 0.1) is 13.8 Å². The highest BCUT2D eigenvalue weighted by molar-refractivity contribution is 7.14. The molecule has 0 amide bonds. The summed E-state index contributed by atoms with van der Waals surface area (Å²) in [6.07, 6.45) is 1.04. The van der Waals surface area contributed by atoms with E-state index in [1.165, 1.54) is 43.8 Å². The third kappa shape index (κ3) is 2.60. The Balaban J connectivity index is 0.000000753. The van der Waals surface area contributed by atoms with Crippen molar-refractivity contribution in [2.75, 3.05) is 5.73 Å². The molecule has 2 heteroatoms. The maximum atomic E-state index is 6.13. The molecule has 4 rings (SSSR count). The second-order valence-corrected chi connectivity index (χ2v) is 6.75. The fourth-order valence-electron chi connectivity index (χ4n) is 3.11. The minimum atomic E-state index is 0.891. The van der Waals surface area contributed by atoms with Crippen molar-refractivity contribution >= 4 is 17.0 Å². The molecule has 0 saturated carbocycles. The van der Waals surface area contributed by atoms with Crippen LogP contribution < -0.4 is 5.73 Å². The van der Waals surface area contributed by atoms with E-state index < -0.39 is 0 Å². The van der Waals surface area contributed by atoms with Gasteiger partial charge in [0.25, 0.3) is 0 Å². The molecular formula is C21H21NS. The number of hydrogen-bond acceptors (Lipinski definition) is 2.